The summed E-state index contributed by atoms with van der Waals surface area (Å²) in [5, 5.41) is 8.35. The Morgan fingerprint density at radius 2 is 1.59 bits per heavy atom. The summed E-state index contributed by atoms with van der Waals surface area (Å²) in [5.74, 6) is 0.599. The first kappa shape index (κ1) is 24.4. The Kier molecular flexibility index (Phi) is 6.58. The number of sulfonamides is 1. The Balaban J connectivity index is 1.47. The van der Waals surface area contributed by atoms with E-state index in [1.54, 1.807) is 0 Å². The van der Waals surface area contributed by atoms with E-state index in [1.165, 1.54) is 5.56 Å². The van der Waals surface area contributed by atoms with Gasteiger partial charge in [-0.15, -0.1) is 10.2 Å². The first-order valence-corrected chi connectivity index (χ1v) is 12.3. The van der Waals surface area contributed by atoms with Crippen molar-refractivity contribution in [1.82, 2.24) is 14.5 Å². The molecule has 180 valence electrons. The standard InChI is InChI=1S/C23H22ClF3N4O2S/c1-15-3-4-17(13-16(15)2)20-7-8-22(29-28-20)30-9-11-31(12-10-30)34(32,33)21-14-18(23(25,26)27)5-6-19(21)24/h3-8,13-14H,9-12H2,1-2H3. The van der Waals surface area contributed by atoms with Crippen molar-refractivity contribution in [2.45, 2.75) is 24.9 Å². The molecule has 1 saturated heterocycles. The number of hydrogen-bond acceptors (Lipinski definition) is 5. The van der Waals surface area contributed by atoms with Crippen molar-refractivity contribution in [3.05, 3.63) is 70.2 Å². The summed E-state index contributed by atoms with van der Waals surface area (Å²) in [6, 6.07) is 12.0. The second kappa shape index (κ2) is 9.16. The molecule has 1 aliphatic heterocycles. The molecule has 34 heavy (non-hydrogen) atoms. The van der Waals surface area contributed by atoms with Crippen molar-refractivity contribution < 1.29 is 21.6 Å². The highest BCUT2D eigenvalue weighted by Crippen LogP contribution is 2.34. The molecule has 0 radical (unpaired) electrons. The van der Waals surface area contributed by atoms with Crippen molar-refractivity contribution >= 4 is 27.4 Å². The Morgan fingerprint density at radius 3 is 2.18 bits per heavy atom. The minimum absolute atomic E-state index is 0.0789. The number of aryl methyl sites for hydroxylation is 2. The van der Waals surface area contributed by atoms with Gasteiger partial charge in [0.2, 0.25) is 10.0 Å². The average Bonchev–Trinajstić information content (AvgIpc) is 2.80. The molecule has 0 spiro atoms. The van der Waals surface area contributed by atoms with E-state index in [0.29, 0.717) is 25.0 Å². The maximum Gasteiger partial charge on any atom is 0.416 e. The smallest absolute Gasteiger partial charge is 0.352 e. The van der Waals surface area contributed by atoms with Crippen LogP contribution in [0.3, 0.4) is 0 Å². The van der Waals surface area contributed by atoms with E-state index in [0.717, 1.165) is 33.3 Å². The highest BCUT2D eigenvalue weighted by Gasteiger charge is 2.35. The van der Waals surface area contributed by atoms with Crippen molar-refractivity contribution in [2.24, 2.45) is 0 Å². The largest absolute Gasteiger partial charge is 0.416 e. The molecular weight excluding hydrogens is 489 g/mol. The van der Waals surface area contributed by atoms with E-state index >= 15 is 0 Å². The molecule has 0 N–H and O–H groups in total. The lowest BCUT2D eigenvalue weighted by Gasteiger charge is -2.34. The van der Waals surface area contributed by atoms with E-state index in [9.17, 15) is 21.6 Å². The Morgan fingerprint density at radius 1 is 0.882 bits per heavy atom. The number of rotatable bonds is 4. The summed E-state index contributed by atoms with van der Waals surface area (Å²) in [4.78, 5) is 1.34. The monoisotopic (exact) mass is 510 g/mol. The fourth-order valence-corrected chi connectivity index (χ4v) is 5.65. The van der Waals surface area contributed by atoms with Gasteiger partial charge in [0.05, 0.1) is 16.3 Å². The fraction of sp³-hybridized carbons (Fsp3) is 0.304. The summed E-state index contributed by atoms with van der Waals surface area (Å²) < 4.78 is 66.4. The van der Waals surface area contributed by atoms with Crippen LogP contribution in [0.4, 0.5) is 19.0 Å². The number of anilines is 1. The van der Waals surface area contributed by atoms with Gasteiger partial charge in [0.25, 0.3) is 0 Å². The van der Waals surface area contributed by atoms with Crippen LogP contribution in [0.15, 0.2) is 53.4 Å². The molecule has 0 aliphatic carbocycles. The number of hydrogen-bond donors (Lipinski definition) is 0. The lowest BCUT2D eigenvalue weighted by molar-refractivity contribution is -0.137. The number of aromatic nitrogens is 2. The molecule has 11 heteroatoms. The van der Waals surface area contributed by atoms with Gasteiger partial charge in [0.1, 0.15) is 4.90 Å². The zero-order valence-corrected chi connectivity index (χ0v) is 20.0. The van der Waals surface area contributed by atoms with Gasteiger partial charge in [-0.1, -0.05) is 23.7 Å². The zero-order valence-electron chi connectivity index (χ0n) is 18.5. The molecule has 0 unspecified atom stereocenters. The lowest BCUT2D eigenvalue weighted by atomic mass is 10.0. The average molecular weight is 511 g/mol. The highest BCUT2D eigenvalue weighted by atomic mass is 35.5. The van der Waals surface area contributed by atoms with E-state index in [2.05, 4.69) is 10.2 Å². The molecule has 0 bridgehead atoms. The van der Waals surface area contributed by atoms with Crippen molar-refractivity contribution in [3.63, 3.8) is 0 Å². The summed E-state index contributed by atoms with van der Waals surface area (Å²) >= 11 is 5.96. The Bertz CT molecular complexity index is 1310. The third kappa shape index (κ3) is 4.89. The number of nitrogens with zero attached hydrogens (tertiary/aromatic N) is 4. The first-order valence-electron chi connectivity index (χ1n) is 10.5. The third-order valence-corrected chi connectivity index (χ3v) is 8.27. The van der Waals surface area contributed by atoms with Crippen LogP contribution in [-0.2, 0) is 16.2 Å². The van der Waals surface area contributed by atoms with Gasteiger partial charge < -0.3 is 4.90 Å². The van der Waals surface area contributed by atoms with E-state index in [4.69, 9.17) is 11.6 Å². The van der Waals surface area contributed by atoms with Crippen LogP contribution >= 0.6 is 11.6 Å². The highest BCUT2D eigenvalue weighted by molar-refractivity contribution is 7.89. The Labute approximate surface area is 201 Å². The van der Waals surface area contributed by atoms with Crippen LogP contribution in [-0.4, -0.2) is 49.1 Å². The predicted octanol–water partition coefficient (Wildman–Crippen LogP) is 4.94. The van der Waals surface area contributed by atoms with Crippen LogP contribution in [0, 0.1) is 13.8 Å². The molecule has 4 rings (SSSR count). The molecule has 6 nitrogen and oxygen atoms in total. The SMILES string of the molecule is Cc1ccc(-c2ccc(N3CCN(S(=O)(=O)c4cc(C(F)(F)F)ccc4Cl)CC3)nn2)cc1C. The van der Waals surface area contributed by atoms with Crippen molar-refractivity contribution in [2.75, 3.05) is 31.1 Å². The third-order valence-electron chi connectivity index (χ3n) is 5.89. The zero-order chi connectivity index (χ0) is 24.7. The molecule has 0 amide bonds. The number of benzene rings is 2. The minimum atomic E-state index is -4.67. The Hall–Kier alpha value is -2.69. The molecular formula is C23H22ClF3N4O2S. The second-order valence-electron chi connectivity index (χ2n) is 8.11. The molecule has 0 saturated carbocycles. The van der Waals surface area contributed by atoms with Gasteiger partial charge in [0, 0.05) is 31.7 Å². The van der Waals surface area contributed by atoms with Crippen molar-refractivity contribution in [1.29, 1.82) is 0 Å². The summed E-state index contributed by atoms with van der Waals surface area (Å²) in [6.45, 7) is 4.85. The molecule has 2 aromatic carbocycles. The van der Waals surface area contributed by atoms with Gasteiger partial charge in [-0.25, -0.2) is 8.42 Å². The van der Waals surface area contributed by atoms with Crippen LogP contribution in [0.25, 0.3) is 11.3 Å². The van der Waals surface area contributed by atoms with E-state index in [-0.39, 0.29) is 18.1 Å². The number of piperazine rings is 1. The van der Waals surface area contributed by atoms with Gasteiger partial charge in [-0.3, -0.25) is 0 Å². The van der Waals surface area contributed by atoms with Gasteiger partial charge >= 0.3 is 6.18 Å². The maximum absolute atomic E-state index is 13.1. The first-order chi connectivity index (χ1) is 16.0. The van der Waals surface area contributed by atoms with E-state index < -0.39 is 26.7 Å². The van der Waals surface area contributed by atoms with Gasteiger partial charge in [0.15, 0.2) is 5.82 Å². The number of alkyl halides is 3. The van der Waals surface area contributed by atoms with Gasteiger partial charge in [-0.05, 0) is 61.4 Å². The molecule has 0 atom stereocenters. The predicted molar refractivity (Wildman–Crippen MR) is 124 cm³/mol. The molecule has 3 aromatic rings. The van der Waals surface area contributed by atoms with E-state index in [1.807, 2.05) is 49.1 Å². The normalized spacial score (nSPS) is 15.5. The van der Waals surface area contributed by atoms with Crippen LogP contribution in [0.2, 0.25) is 5.02 Å². The lowest BCUT2D eigenvalue weighted by Crippen LogP contribution is -2.49. The molecule has 1 aliphatic rings. The fourth-order valence-electron chi connectivity index (χ4n) is 3.72. The summed E-state index contributed by atoms with van der Waals surface area (Å²) in [5.41, 5.74) is 2.96. The summed E-state index contributed by atoms with van der Waals surface area (Å²) in [7, 11) is -4.19. The second-order valence-corrected chi connectivity index (χ2v) is 10.4. The topological polar surface area (TPSA) is 66.4 Å². The van der Waals surface area contributed by atoms with Crippen LogP contribution in [0.5, 0.6) is 0 Å². The quantitative estimate of drug-likeness (QED) is 0.497. The van der Waals surface area contributed by atoms with Crippen LogP contribution in [0.1, 0.15) is 16.7 Å². The summed E-state index contributed by atoms with van der Waals surface area (Å²) in [6.07, 6.45) is -4.67. The minimum Gasteiger partial charge on any atom is -0.352 e. The maximum atomic E-state index is 13.1. The number of halogens is 4. The van der Waals surface area contributed by atoms with Gasteiger partial charge in [-0.2, -0.15) is 17.5 Å². The molecule has 1 fully saturated rings. The van der Waals surface area contributed by atoms with Crippen LogP contribution < -0.4 is 4.90 Å². The van der Waals surface area contributed by atoms with Crippen molar-refractivity contribution in [3.8, 4) is 11.3 Å². The molecule has 2 heterocycles. The molecule has 1 aromatic heterocycles.